The lowest BCUT2D eigenvalue weighted by atomic mass is 10.1. The zero-order chi connectivity index (χ0) is 13.5. The average molecular weight is 247 g/mol. The molecular formula is C14H17NO3. The van der Waals surface area contributed by atoms with Gasteiger partial charge in [0.2, 0.25) is 0 Å². The molecule has 0 spiro atoms. The number of para-hydroxylation sites is 1. The van der Waals surface area contributed by atoms with Gasteiger partial charge in [0, 0.05) is 11.8 Å². The van der Waals surface area contributed by atoms with E-state index in [-0.39, 0.29) is 6.54 Å². The van der Waals surface area contributed by atoms with E-state index in [0.29, 0.717) is 0 Å². The van der Waals surface area contributed by atoms with Crippen molar-refractivity contribution in [3.8, 4) is 0 Å². The van der Waals surface area contributed by atoms with Crippen LogP contribution in [-0.2, 0) is 14.3 Å². The molecule has 0 heterocycles. The van der Waals surface area contributed by atoms with Gasteiger partial charge in [0.1, 0.15) is 6.54 Å². The minimum absolute atomic E-state index is 0.0328. The molecule has 0 aliphatic rings. The summed E-state index contributed by atoms with van der Waals surface area (Å²) in [4.78, 5) is 22.4. The van der Waals surface area contributed by atoms with Crippen LogP contribution in [0.1, 0.15) is 18.1 Å². The first-order valence-electron chi connectivity index (χ1n) is 5.72. The normalized spacial score (nSPS) is 10.4. The van der Waals surface area contributed by atoms with Crippen molar-refractivity contribution >= 4 is 17.6 Å². The first-order chi connectivity index (χ1) is 8.54. The van der Waals surface area contributed by atoms with Crippen molar-refractivity contribution in [1.82, 2.24) is 0 Å². The van der Waals surface area contributed by atoms with Crippen LogP contribution in [0.25, 0.3) is 0 Å². The van der Waals surface area contributed by atoms with E-state index >= 15 is 0 Å². The van der Waals surface area contributed by atoms with Gasteiger partial charge in [-0.15, -0.1) is 0 Å². The van der Waals surface area contributed by atoms with Crippen molar-refractivity contribution in [3.63, 3.8) is 0 Å². The molecule has 0 aliphatic carbocycles. The molecule has 0 atom stereocenters. The maximum atomic E-state index is 11.4. The van der Waals surface area contributed by atoms with Gasteiger partial charge in [-0.3, -0.25) is 0 Å². The third-order valence-electron chi connectivity index (χ3n) is 2.41. The first kappa shape index (κ1) is 14.0. The van der Waals surface area contributed by atoms with Crippen LogP contribution in [0.3, 0.4) is 0 Å². The Balaban J connectivity index is 2.55. The Morgan fingerprint density at radius 3 is 2.44 bits per heavy atom. The highest BCUT2D eigenvalue weighted by Crippen LogP contribution is 2.18. The maximum Gasteiger partial charge on any atom is 0.338 e. The van der Waals surface area contributed by atoms with Gasteiger partial charge in [0.15, 0.2) is 0 Å². The fraction of sp³-hybridized carbons (Fsp3) is 0.286. The topological polar surface area (TPSA) is 55.4 Å². The third kappa shape index (κ3) is 4.05. The lowest BCUT2D eigenvalue weighted by Gasteiger charge is -2.11. The Morgan fingerprint density at radius 2 is 1.89 bits per heavy atom. The quantitative estimate of drug-likeness (QED) is 0.504. The van der Waals surface area contributed by atoms with Crippen molar-refractivity contribution < 1.29 is 14.3 Å². The molecule has 1 rings (SSSR count). The summed E-state index contributed by atoms with van der Waals surface area (Å²) < 4.78 is 4.57. The van der Waals surface area contributed by atoms with Gasteiger partial charge in [-0.1, -0.05) is 24.3 Å². The zero-order valence-corrected chi connectivity index (χ0v) is 10.8. The number of hydrogen-bond acceptors (Lipinski definition) is 4. The molecule has 0 radical (unpaired) electrons. The van der Waals surface area contributed by atoms with Crippen LogP contribution in [0.2, 0.25) is 0 Å². The van der Waals surface area contributed by atoms with Crippen molar-refractivity contribution in [2.45, 2.75) is 20.8 Å². The lowest BCUT2D eigenvalue weighted by molar-refractivity contribution is -0.154. The summed E-state index contributed by atoms with van der Waals surface area (Å²) in [6, 6.07) is 5.85. The highest BCUT2D eigenvalue weighted by atomic mass is 16.6. The number of benzene rings is 1. The van der Waals surface area contributed by atoms with Crippen molar-refractivity contribution in [1.29, 1.82) is 0 Å². The van der Waals surface area contributed by atoms with Crippen LogP contribution in [0.15, 0.2) is 30.4 Å². The van der Waals surface area contributed by atoms with Crippen LogP contribution in [0, 0.1) is 13.8 Å². The van der Waals surface area contributed by atoms with Crippen LogP contribution < -0.4 is 5.32 Å². The van der Waals surface area contributed by atoms with Crippen LogP contribution in [-0.4, -0.2) is 18.5 Å². The van der Waals surface area contributed by atoms with Gasteiger partial charge < -0.3 is 10.1 Å². The minimum atomic E-state index is -0.647. The highest BCUT2D eigenvalue weighted by Gasteiger charge is 2.08. The van der Waals surface area contributed by atoms with E-state index < -0.39 is 11.9 Å². The number of aryl methyl sites for hydroxylation is 2. The van der Waals surface area contributed by atoms with Gasteiger partial charge in [-0.25, -0.2) is 9.59 Å². The largest absolute Gasteiger partial charge is 0.389 e. The molecule has 96 valence electrons. The molecule has 0 saturated heterocycles. The summed E-state index contributed by atoms with van der Waals surface area (Å²) >= 11 is 0. The molecule has 0 aromatic heterocycles. The van der Waals surface area contributed by atoms with Crippen molar-refractivity contribution in [2.75, 3.05) is 11.9 Å². The van der Waals surface area contributed by atoms with Gasteiger partial charge in [-0.2, -0.15) is 0 Å². The molecule has 0 amide bonds. The number of allylic oxidation sites excluding steroid dienone is 1. The number of carbonyl (C=O) groups excluding carboxylic acids is 2. The smallest absolute Gasteiger partial charge is 0.338 e. The number of hydrogen-bond donors (Lipinski definition) is 1. The predicted octanol–water partition coefficient (Wildman–Crippen LogP) is 2.36. The molecule has 18 heavy (non-hydrogen) atoms. The molecular weight excluding hydrogens is 230 g/mol. The molecule has 0 aliphatic heterocycles. The Morgan fingerprint density at radius 1 is 1.28 bits per heavy atom. The summed E-state index contributed by atoms with van der Waals surface area (Å²) in [7, 11) is 0. The van der Waals surface area contributed by atoms with E-state index in [0.717, 1.165) is 16.8 Å². The number of carbonyl (C=O) groups is 2. The average Bonchev–Trinajstić information content (AvgIpc) is 2.28. The minimum Gasteiger partial charge on any atom is -0.389 e. The monoisotopic (exact) mass is 247 g/mol. The second kappa shape index (κ2) is 6.59. The Bertz CT molecular complexity index is 458. The second-order valence-electron chi connectivity index (χ2n) is 3.91. The Hall–Kier alpha value is -2.10. The second-order valence-corrected chi connectivity index (χ2v) is 3.91. The summed E-state index contributed by atoms with van der Waals surface area (Å²) in [6.07, 6.45) is 2.73. The van der Waals surface area contributed by atoms with Gasteiger partial charge in [-0.05, 0) is 31.9 Å². The van der Waals surface area contributed by atoms with Crippen molar-refractivity contribution in [3.05, 3.63) is 41.5 Å². The van der Waals surface area contributed by atoms with Crippen LogP contribution >= 0.6 is 0 Å². The van der Waals surface area contributed by atoms with Gasteiger partial charge >= 0.3 is 11.9 Å². The van der Waals surface area contributed by atoms with Gasteiger partial charge in [0.25, 0.3) is 0 Å². The van der Waals surface area contributed by atoms with Crippen molar-refractivity contribution in [2.24, 2.45) is 0 Å². The van der Waals surface area contributed by atoms with E-state index in [9.17, 15) is 9.59 Å². The van der Waals surface area contributed by atoms with E-state index in [1.165, 1.54) is 12.2 Å². The standard InChI is InChI=1S/C14H17NO3/c1-4-6-12(16)18-13(17)9-15-14-10(2)7-5-8-11(14)3/h4-8,15H,9H2,1-3H3. The number of nitrogens with one attached hydrogen (secondary N) is 1. The summed E-state index contributed by atoms with van der Waals surface area (Å²) in [5, 5.41) is 2.98. The highest BCUT2D eigenvalue weighted by molar-refractivity contribution is 5.93. The first-order valence-corrected chi connectivity index (χ1v) is 5.72. The number of anilines is 1. The SMILES string of the molecule is CC=CC(=O)OC(=O)CNc1c(C)cccc1C. The number of ether oxygens (including phenoxy) is 1. The van der Waals surface area contributed by atoms with E-state index in [1.807, 2.05) is 32.0 Å². The molecule has 0 fully saturated rings. The lowest BCUT2D eigenvalue weighted by Crippen LogP contribution is -2.20. The fourth-order valence-corrected chi connectivity index (χ4v) is 1.57. The molecule has 1 aromatic rings. The molecule has 4 nitrogen and oxygen atoms in total. The summed E-state index contributed by atoms with van der Waals surface area (Å²) in [5.41, 5.74) is 2.98. The molecule has 1 aromatic carbocycles. The fourth-order valence-electron chi connectivity index (χ4n) is 1.57. The van der Waals surface area contributed by atoms with E-state index in [4.69, 9.17) is 0 Å². The molecule has 0 bridgehead atoms. The van der Waals surface area contributed by atoms with Gasteiger partial charge in [0.05, 0.1) is 0 Å². The van der Waals surface area contributed by atoms with Crippen LogP contribution in [0.5, 0.6) is 0 Å². The molecule has 0 unspecified atom stereocenters. The molecule has 0 saturated carbocycles. The van der Waals surface area contributed by atoms with E-state index in [1.54, 1.807) is 6.92 Å². The molecule has 1 N–H and O–H groups in total. The molecule has 4 heteroatoms. The number of rotatable bonds is 4. The number of esters is 2. The summed E-state index contributed by atoms with van der Waals surface area (Å²) in [6.45, 7) is 5.55. The van der Waals surface area contributed by atoms with Crippen LogP contribution in [0.4, 0.5) is 5.69 Å². The third-order valence-corrected chi connectivity index (χ3v) is 2.41. The summed E-state index contributed by atoms with van der Waals surface area (Å²) in [5.74, 6) is -1.24. The Labute approximate surface area is 107 Å². The maximum absolute atomic E-state index is 11.4. The zero-order valence-electron chi connectivity index (χ0n) is 10.8. The predicted molar refractivity (Wildman–Crippen MR) is 70.3 cm³/mol. The van der Waals surface area contributed by atoms with E-state index in [2.05, 4.69) is 10.1 Å². The Kier molecular flexibility index (Phi) is 5.11.